The van der Waals surface area contributed by atoms with Crippen LogP contribution < -0.4 is 15.4 Å². The smallest absolute Gasteiger partial charge is 0.334 e. The second-order valence-electron chi connectivity index (χ2n) is 13.4. The van der Waals surface area contributed by atoms with Crippen LogP contribution in [0.15, 0.2) is 85.2 Å². The molecule has 50 heavy (non-hydrogen) atoms. The molecule has 2 atom stereocenters. The van der Waals surface area contributed by atoms with Gasteiger partial charge in [-0.1, -0.05) is 102 Å². The van der Waals surface area contributed by atoms with Crippen LogP contribution in [0, 0.1) is 0 Å². The lowest BCUT2D eigenvalue weighted by Gasteiger charge is -2.21. The Balaban J connectivity index is 1.40. The van der Waals surface area contributed by atoms with Gasteiger partial charge in [0.15, 0.2) is 11.9 Å². The highest BCUT2D eigenvalue weighted by atomic mass is 16.5. The van der Waals surface area contributed by atoms with Gasteiger partial charge in [-0.05, 0) is 52.8 Å². The summed E-state index contributed by atoms with van der Waals surface area (Å²) in [6.07, 6.45) is 7.88. The van der Waals surface area contributed by atoms with Gasteiger partial charge < -0.3 is 25.6 Å². The maximum absolute atomic E-state index is 13.2. The van der Waals surface area contributed by atoms with Gasteiger partial charge in [-0.15, -0.1) is 0 Å². The normalized spacial score (nSPS) is 12.5. The van der Waals surface area contributed by atoms with Crippen molar-refractivity contribution in [2.24, 2.45) is 0 Å². The molecule has 0 aliphatic carbocycles. The molecule has 1 aromatic heterocycles. The van der Waals surface area contributed by atoms with Gasteiger partial charge in [-0.3, -0.25) is 9.59 Å². The van der Waals surface area contributed by atoms with Crippen LogP contribution in [0.3, 0.4) is 0 Å². The molecule has 4 aromatic rings. The third-order valence-electron chi connectivity index (χ3n) is 8.40. The molecule has 0 aliphatic heterocycles. The molecule has 0 radical (unpaired) electrons. The molecule has 10 heteroatoms. The number of carboxylic acid groups (broad SMARTS) is 1. The molecule has 0 fully saturated rings. The molecule has 0 aliphatic rings. The predicted molar refractivity (Wildman–Crippen MR) is 194 cm³/mol. The molecule has 0 saturated carbocycles. The molecule has 264 valence electrons. The first-order valence-corrected chi connectivity index (χ1v) is 17.2. The van der Waals surface area contributed by atoms with Crippen LogP contribution in [0.5, 0.6) is 5.75 Å². The fourth-order valence-corrected chi connectivity index (χ4v) is 5.27. The molecular weight excluding hydrogens is 632 g/mol. The van der Waals surface area contributed by atoms with Crippen LogP contribution in [-0.4, -0.2) is 63.3 Å². The van der Waals surface area contributed by atoms with Crippen molar-refractivity contribution < 1.29 is 29.3 Å². The van der Waals surface area contributed by atoms with Gasteiger partial charge in [0.25, 0.3) is 5.91 Å². The van der Waals surface area contributed by atoms with E-state index in [9.17, 15) is 19.5 Å². The molecule has 2 amide bonds. The lowest BCUT2D eigenvalue weighted by Crippen LogP contribution is -2.50. The zero-order valence-electron chi connectivity index (χ0n) is 29.3. The molecular formula is C40H48N4O6. The first-order valence-electron chi connectivity index (χ1n) is 17.2. The number of aliphatic hydroxyl groups is 1. The number of amides is 2. The molecule has 0 saturated heterocycles. The molecule has 4 rings (SSSR count). The van der Waals surface area contributed by atoms with E-state index < -0.39 is 36.5 Å². The van der Waals surface area contributed by atoms with Gasteiger partial charge in [-0.2, -0.15) is 0 Å². The summed E-state index contributed by atoms with van der Waals surface area (Å²) in [6, 6.07) is 21.4. The Bertz CT molecular complexity index is 1680. The second kappa shape index (κ2) is 18.1. The number of carboxylic acids is 1. The van der Waals surface area contributed by atoms with E-state index in [1.165, 1.54) is 25.7 Å². The topological polar surface area (TPSA) is 151 Å². The number of hydrogen-bond donors (Lipinski definition) is 4. The Morgan fingerprint density at radius 2 is 1.42 bits per heavy atom. The van der Waals surface area contributed by atoms with E-state index in [4.69, 9.17) is 9.84 Å². The Labute approximate surface area is 294 Å². The molecule has 2 unspecified atom stereocenters. The highest BCUT2D eigenvalue weighted by molar-refractivity contribution is 5.97. The van der Waals surface area contributed by atoms with Gasteiger partial charge in [0.1, 0.15) is 11.8 Å². The van der Waals surface area contributed by atoms with Gasteiger partial charge in [0.2, 0.25) is 5.91 Å². The number of ether oxygens (including phenoxy) is 1. The molecule has 1 heterocycles. The zero-order chi connectivity index (χ0) is 36.1. The van der Waals surface area contributed by atoms with Crippen molar-refractivity contribution in [2.45, 2.75) is 83.8 Å². The van der Waals surface area contributed by atoms with E-state index >= 15 is 0 Å². The van der Waals surface area contributed by atoms with E-state index in [0.717, 1.165) is 40.0 Å². The number of nitrogens with one attached hydrogen (secondary N) is 2. The minimum absolute atomic E-state index is 0.0869. The molecule has 3 aromatic carbocycles. The maximum Gasteiger partial charge on any atom is 0.334 e. The number of benzene rings is 3. The van der Waals surface area contributed by atoms with Crippen LogP contribution in [0.2, 0.25) is 0 Å². The first kappa shape index (κ1) is 37.7. The van der Waals surface area contributed by atoms with E-state index in [2.05, 4.69) is 48.3 Å². The van der Waals surface area contributed by atoms with Crippen LogP contribution in [0.4, 0.5) is 0 Å². The van der Waals surface area contributed by atoms with Crippen molar-refractivity contribution in [3.8, 4) is 28.3 Å². The summed E-state index contributed by atoms with van der Waals surface area (Å²) in [5.41, 5.74) is 4.74. The van der Waals surface area contributed by atoms with Crippen molar-refractivity contribution in [1.82, 2.24) is 20.6 Å². The lowest BCUT2D eigenvalue weighted by atomic mass is 9.86. The third kappa shape index (κ3) is 11.2. The SMILES string of the molecule is CCCCCCCOc1ccc(-c2cnc(-c3ccc(CC(NC(=O)c4ccc(C(C)(C)C)cc4)C(=O)NCC(O)C(=O)O)cc3)nc2)cc1. The highest BCUT2D eigenvalue weighted by Gasteiger charge is 2.24. The quantitative estimate of drug-likeness (QED) is 0.0941. The van der Waals surface area contributed by atoms with E-state index in [0.29, 0.717) is 18.0 Å². The fraction of sp³-hybridized carbons (Fsp3) is 0.375. The number of nitrogens with zero attached hydrogens (tertiary/aromatic N) is 2. The Morgan fingerprint density at radius 1 is 0.800 bits per heavy atom. The minimum Gasteiger partial charge on any atom is -0.494 e. The molecule has 4 N–H and O–H groups in total. The number of unbranched alkanes of at least 4 members (excludes halogenated alkanes) is 4. The summed E-state index contributed by atoms with van der Waals surface area (Å²) >= 11 is 0. The average molecular weight is 681 g/mol. The Morgan fingerprint density at radius 3 is 2.02 bits per heavy atom. The number of carbonyl (C=O) groups is 3. The van der Waals surface area contributed by atoms with E-state index in [1.54, 1.807) is 24.5 Å². The summed E-state index contributed by atoms with van der Waals surface area (Å²) in [7, 11) is 0. The fourth-order valence-electron chi connectivity index (χ4n) is 5.27. The van der Waals surface area contributed by atoms with Crippen LogP contribution in [0.25, 0.3) is 22.5 Å². The number of rotatable bonds is 17. The lowest BCUT2D eigenvalue weighted by molar-refractivity contribution is -0.146. The van der Waals surface area contributed by atoms with Crippen molar-refractivity contribution in [2.75, 3.05) is 13.2 Å². The number of aromatic nitrogens is 2. The predicted octanol–water partition coefficient (Wildman–Crippen LogP) is 6.36. The van der Waals surface area contributed by atoms with Crippen molar-refractivity contribution in [1.29, 1.82) is 0 Å². The van der Waals surface area contributed by atoms with E-state index in [1.807, 2.05) is 60.7 Å². The highest BCUT2D eigenvalue weighted by Crippen LogP contribution is 2.24. The molecule has 0 bridgehead atoms. The summed E-state index contributed by atoms with van der Waals surface area (Å²) in [5.74, 6) is -1.15. The van der Waals surface area contributed by atoms with Gasteiger partial charge in [0, 0.05) is 35.5 Å². The van der Waals surface area contributed by atoms with Crippen LogP contribution >= 0.6 is 0 Å². The number of aliphatic hydroxyl groups excluding tert-OH is 1. The Hall–Kier alpha value is -5.09. The maximum atomic E-state index is 13.2. The largest absolute Gasteiger partial charge is 0.494 e. The van der Waals surface area contributed by atoms with Crippen molar-refractivity contribution in [3.63, 3.8) is 0 Å². The van der Waals surface area contributed by atoms with Crippen LogP contribution in [0.1, 0.15) is 81.3 Å². The summed E-state index contributed by atoms with van der Waals surface area (Å²) < 4.78 is 5.88. The summed E-state index contributed by atoms with van der Waals surface area (Å²) in [6.45, 7) is 8.66. The molecule has 10 nitrogen and oxygen atoms in total. The number of carbonyl (C=O) groups excluding carboxylic acids is 2. The van der Waals surface area contributed by atoms with Crippen molar-refractivity contribution in [3.05, 3.63) is 102 Å². The van der Waals surface area contributed by atoms with Crippen LogP contribution in [-0.2, 0) is 21.4 Å². The molecule has 0 spiro atoms. The average Bonchev–Trinajstić information content (AvgIpc) is 3.12. The Kier molecular flexibility index (Phi) is 13.6. The monoisotopic (exact) mass is 680 g/mol. The number of aliphatic carboxylic acids is 1. The summed E-state index contributed by atoms with van der Waals surface area (Å²) in [4.78, 5) is 46.5. The van der Waals surface area contributed by atoms with Gasteiger partial charge in [0.05, 0.1) is 13.2 Å². The first-order chi connectivity index (χ1) is 23.9. The van der Waals surface area contributed by atoms with E-state index in [-0.39, 0.29) is 11.8 Å². The minimum atomic E-state index is -1.77. The third-order valence-corrected chi connectivity index (χ3v) is 8.40. The zero-order valence-corrected chi connectivity index (χ0v) is 29.3. The van der Waals surface area contributed by atoms with Gasteiger partial charge >= 0.3 is 5.97 Å². The summed E-state index contributed by atoms with van der Waals surface area (Å²) in [5, 5.41) is 23.9. The van der Waals surface area contributed by atoms with Gasteiger partial charge in [-0.25, -0.2) is 14.8 Å². The second-order valence-corrected chi connectivity index (χ2v) is 13.4. The number of hydrogen-bond acceptors (Lipinski definition) is 7. The standard InChI is InChI=1S/C40H48N4O6/c1-5-6-7-8-9-22-50-33-20-16-28(17-21-33)31-24-41-36(42-25-31)29-12-10-27(11-13-29)23-34(38(47)43-26-35(45)39(48)49)44-37(46)30-14-18-32(19-15-30)40(2,3)4/h10-21,24-25,34-35,45H,5-9,22-23,26H2,1-4H3,(H,43,47)(H,44,46)(H,48,49). The van der Waals surface area contributed by atoms with Crippen molar-refractivity contribution >= 4 is 17.8 Å².